The van der Waals surface area contributed by atoms with Crippen molar-refractivity contribution in [2.24, 2.45) is 0 Å². The van der Waals surface area contributed by atoms with Crippen molar-refractivity contribution in [2.45, 2.75) is 19.5 Å². The van der Waals surface area contributed by atoms with Gasteiger partial charge in [0.15, 0.2) is 0 Å². The van der Waals surface area contributed by atoms with E-state index in [0.29, 0.717) is 25.2 Å². The molecule has 4 rings (SSSR count). The highest BCUT2D eigenvalue weighted by molar-refractivity contribution is 9.10. The predicted octanol–water partition coefficient (Wildman–Crippen LogP) is 3.76. The van der Waals surface area contributed by atoms with E-state index in [1.807, 2.05) is 58.1 Å². The molecule has 1 aromatic heterocycles. The summed E-state index contributed by atoms with van der Waals surface area (Å²) in [7, 11) is 0. The van der Waals surface area contributed by atoms with Crippen LogP contribution in [0.1, 0.15) is 32.7 Å². The van der Waals surface area contributed by atoms with Gasteiger partial charge in [-0.15, -0.1) is 0 Å². The molecule has 0 saturated heterocycles. The Balaban J connectivity index is 1.51. The molecule has 2 aromatic carbocycles. The molecule has 3 aromatic rings. The zero-order valence-electron chi connectivity index (χ0n) is 14.6. The van der Waals surface area contributed by atoms with Crippen molar-refractivity contribution in [1.82, 2.24) is 14.5 Å². The zero-order chi connectivity index (χ0) is 18.8. The first kappa shape index (κ1) is 17.5. The number of amides is 1. The summed E-state index contributed by atoms with van der Waals surface area (Å²) in [6.07, 6.45) is 4.45. The summed E-state index contributed by atoms with van der Waals surface area (Å²) >= 11 is 3.47. The fourth-order valence-electron chi connectivity index (χ4n) is 3.36. The minimum atomic E-state index is 0.0647. The SMILES string of the molecule is N#Cc1ccc(Cn2cncc2CN2CCc3cc(Br)ccc3C2=O)cc1. The molecule has 2 heterocycles. The minimum Gasteiger partial charge on any atom is -0.332 e. The molecule has 0 atom stereocenters. The summed E-state index contributed by atoms with van der Waals surface area (Å²) < 4.78 is 3.05. The molecule has 134 valence electrons. The predicted molar refractivity (Wildman–Crippen MR) is 105 cm³/mol. The Morgan fingerprint density at radius 3 is 2.74 bits per heavy atom. The Bertz CT molecular complexity index is 1030. The standard InChI is InChI=1S/C21H17BrN4O/c22-18-5-6-20-17(9-18)7-8-25(21(20)27)13-19-11-24-14-26(19)12-16-3-1-15(10-23)2-4-16/h1-6,9,11,14H,7-8,12-13H2. The summed E-state index contributed by atoms with van der Waals surface area (Å²) in [6.45, 7) is 1.89. The van der Waals surface area contributed by atoms with Gasteiger partial charge in [-0.2, -0.15) is 5.26 Å². The van der Waals surface area contributed by atoms with Gasteiger partial charge in [0.2, 0.25) is 0 Å². The van der Waals surface area contributed by atoms with Crippen LogP contribution < -0.4 is 0 Å². The van der Waals surface area contributed by atoms with Gasteiger partial charge in [-0.1, -0.05) is 28.1 Å². The molecule has 1 aliphatic rings. The number of imidazole rings is 1. The summed E-state index contributed by atoms with van der Waals surface area (Å²) in [6, 6.07) is 15.5. The van der Waals surface area contributed by atoms with Gasteiger partial charge >= 0.3 is 0 Å². The van der Waals surface area contributed by atoms with Crippen LogP contribution in [0.25, 0.3) is 0 Å². The molecule has 27 heavy (non-hydrogen) atoms. The average Bonchev–Trinajstić information content (AvgIpc) is 3.11. The van der Waals surface area contributed by atoms with E-state index in [1.165, 1.54) is 0 Å². The lowest BCUT2D eigenvalue weighted by molar-refractivity contribution is 0.0723. The van der Waals surface area contributed by atoms with E-state index in [1.54, 1.807) is 6.33 Å². The Labute approximate surface area is 166 Å². The summed E-state index contributed by atoms with van der Waals surface area (Å²) in [5.74, 6) is 0.0647. The second kappa shape index (κ2) is 7.37. The van der Waals surface area contributed by atoms with Gasteiger partial charge in [-0.25, -0.2) is 4.98 Å². The highest BCUT2D eigenvalue weighted by Gasteiger charge is 2.25. The van der Waals surface area contributed by atoms with Gasteiger partial charge < -0.3 is 9.47 Å². The third-order valence-corrected chi connectivity index (χ3v) is 5.32. The van der Waals surface area contributed by atoms with Crippen molar-refractivity contribution in [3.05, 3.63) is 87.4 Å². The maximum atomic E-state index is 12.8. The first-order chi connectivity index (χ1) is 13.1. The zero-order valence-corrected chi connectivity index (χ0v) is 16.2. The molecule has 6 heteroatoms. The van der Waals surface area contributed by atoms with Crippen molar-refractivity contribution in [2.75, 3.05) is 6.54 Å². The number of aromatic nitrogens is 2. The maximum Gasteiger partial charge on any atom is 0.254 e. The molecule has 0 radical (unpaired) electrons. The van der Waals surface area contributed by atoms with E-state index in [0.717, 1.165) is 33.3 Å². The van der Waals surface area contributed by atoms with Gasteiger partial charge in [0.1, 0.15) is 0 Å². The van der Waals surface area contributed by atoms with Crippen LogP contribution in [0.4, 0.5) is 0 Å². The normalized spacial score (nSPS) is 13.3. The quantitative estimate of drug-likeness (QED) is 0.645. The van der Waals surface area contributed by atoms with Gasteiger partial charge in [0.05, 0.1) is 30.2 Å². The van der Waals surface area contributed by atoms with Crippen LogP contribution in [0.2, 0.25) is 0 Å². The Morgan fingerprint density at radius 1 is 1.15 bits per heavy atom. The second-order valence-electron chi connectivity index (χ2n) is 6.60. The number of fused-ring (bicyclic) bond motifs is 1. The molecule has 0 saturated carbocycles. The van der Waals surface area contributed by atoms with E-state index in [2.05, 4.69) is 27.0 Å². The molecule has 1 amide bonds. The monoisotopic (exact) mass is 420 g/mol. The highest BCUT2D eigenvalue weighted by Crippen LogP contribution is 2.24. The van der Waals surface area contributed by atoms with Crippen LogP contribution in [-0.2, 0) is 19.5 Å². The summed E-state index contributed by atoms with van der Waals surface area (Å²) in [4.78, 5) is 19.0. The van der Waals surface area contributed by atoms with E-state index in [4.69, 9.17) is 5.26 Å². The van der Waals surface area contributed by atoms with Crippen LogP contribution >= 0.6 is 15.9 Å². The number of hydrogen-bond acceptors (Lipinski definition) is 3. The van der Waals surface area contributed by atoms with Gasteiger partial charge in [0.25, 0.3) is 5.91 Å². The van der Waals surface area contributed by atoms with Gasteiger partial charge in [-0.3, -0.25) is 4.79 Å². The third-order valence-electron chi connectivity index (χ3n) is 4.82. The smallest absolute Gasteiger partial charge is 0.254 e. The number of benzene rings is 2. The summed E-state index contributed by atoms with van der Waals surface area (Å²) in [5, 5.41) is 8.92. The fourth-order valence-corrected chi connectivity index (χ4v) is 3.76. The molecule has 0 bridgehead atoms. The molecule has 0 aliphatic carbocycles. The highest BCUT2D eigenvalue weighted by atomic mass is 79.9. The molecule has 0 unspecified atom stereocenters. The largest absolute Gasteiger partial charge is 0.332 e. The van der Waals surface area contributed by atoms with Gasteiger partial charge in [0, 0.05) is 29.3 Å². The lowest BCUT2D eigenvalue weighted by Gasteiger charge is -2.29. The van der Waals surface area contributed by atoms with Crippen molar-refractivity contribution in [1.29, 1.82) is 5.26 Å². The minimum absolute atomic E-state index is 0.0647. The lowest BCUT2D eigenvalue weighted by atomic mass is 9.99. The van der Waals surface area contributed by atoms with Crippen LogP contribution in [0.15, 0.2) is 59.5 Å². The van der Waals surface area contributed by atoms with Crippen LogP contribution in [0, 0.1) is 11.3 Å². The van der Waals surface area contributed by atoms with Crippen LogP contribution in [0.3, 0.4) is 0 Å². The van der Waals surface area contributed by atoms with Crippen molar-refractivity contribution < 1.29 is 4.79 Å². The number of rotatable bonds is 4. The van der Waals surface area contributed by atoms with E-state index in [9.17, 15) is 4.79 Å². The van der Waals surface area contributed by atoms with E-state index in [-0.39, 0.29) is 5.91 Å². The second-order valence-corrected chi connectivity index (χ2v) is 7.52. The molecule has 0 fully saturated rings. The molecule has 1 aliphatic heterocycles. The van der Waals surface area contributed by atoms with E-state index < -0.39 is 0 Å². The first-order valence-electron chi connectivity index (χ1n) is 8.70. The number of nitriles is 1. The third kappa shape index (κ3) is 3.64. The molecule has 0 spiro atoms. The number of halogens is 1. The Hall–Kier alpha value is -2.91. The lowest BCUT2D eigenvalue weighted by Crippen LogP contribution is -2.37. The molecule has 5 nitrogen and oxygen atoms in total. The molecular weight excluding hydrogens is 404 g/mol. The Kier molecular flexibility index (Phi) is 4.78. The molecule has 0 N–H and O–H groups in total. The molecular formula is C21H17BrN4O. The first-order valence-corrected chi connectivity index (χ1v) is 9.49. The maximum absolute atomic E-state index is 12.8. The van der Waals surface area contributed by atoms with E-state index >= 15 is 0 Å². The Morgan fingerprint density at radius 2 is 1.96 bits per heavy atom. The van der Waals surface area contributed by atoms with Crippen molar-refractivity contribution in [3.63, 3.8) is 0 Å². The summed E-state index contributed by atoms with van der Waals surface area (Å²) in [5.41, 5.74) is 4.61. The number of nitrogens with zero attached hydrogens (tertiary/aromatic N) is 4. The number of carbonyl (C=O) groups is 1. The van der Waals surface area contributed by atoms with Crippen LogP contribution in [0.5, 0.6) is 0 Å². The topological polar surface area (TPSA) is 61.9 Å². The number of carbonyl (C=O) groups excluding carboxylic acids is 1. The average molecular weight is 421 g/mol. The van der Waals surface area contributed by atoms with Crippen molar-refractivity contribution >= 4 is 21.8 Å². The van der Waals surface area contributed by atoms with Gasteiger partial charge in [-0.05, 0) is 47.9 Å². The fraction of sp³-hybridized carbons (Fsp3) is 0.190. The van der Waals surface area contributed by atoms with Crippen LogP contribution in [-0.4, -0.2) is 26.9 Å². The van der Waals surface area contributed by atoms with Crippen molar-refractivity contribution in [3.8, 4) is 6.07 Å². The number of hydrogen-bond donors (Lipinski definition) is 0.